The quantitative estimate of drug-likeness (QED) is 0.356. The Morgan fingerprint density at radius 3 is 1.70 bits per heavy atom. The van der Waals surface area contributed by atoms with Gasteiger partial charge in [0.05, 0.1) is 0 Å². The molecule has 136 valence electrons. The zero-order valence-electron chi connectivity index (χ0n) is 17.8. The van der Waals surface area contributed by atoms with Crippen molar-refractivity contribution >= 4 is 0 Å². The molecule has 0 aliphatic heterocycles. The van der Waals surface area contributed by atoms with E-state index in [0.29, 0.717) is 0 Å². The second-order valence-electron chi connectivity index (χ2n) is 7.91. The van der Waals surface area contributed by atoms with Crippen molar-refractivity contribution in [3.63, 3.8) is 0 Å². The summed E-state index contributed by atoms with van der Waals surface area (Å²) in [5.74, 6) is 3.08. The minimum atomic E-state index is 0.733. The van der Waals surface area contributed by atoms with Crippen molar-refractivity contribution in [3.8, 4) is 0 Å². The van der Waals surface area contributed by atoms with Gasteiger partial charge >= 0.3 is 0 Å². The molecule has 0 bridgehead atoms. The molecule has 23 heavy (non-hydrogen) atoms. The van der Waals surface area contributed by atoms with Gasteiger partial charge in [0.2, 0.25) is 0 Å². The summed E-state index contributed by atoms with van der Waals surface area (Å²) in [6.07, 6.45) is 6.28. The Hall–Kier alpha value is -0.520. The van der Waals surface area contributed by atoms with Gasteiger partial charge in [-0.05, 0) is 77.0 Å². The van der Waals surface area contributed by atoms with E-state index in [1.165, 1.54) is 37.7 Å². The molecule has 0 heteroatoms. The Labute approximate surface area is 147 Å². The Morgan fingerprint density at radius 2 is 1.35 bits per heavy atom. The van der Waals surface area contributed by atoms with Crippen molar-refractivity contribution in [2.45, 2.75) is 101 Å². The highest BCUT2D eigenvalue weighted by molar-refractivity contribution is 5.20. The van der Waals surface area contributed by atoms with Gasteiger partial charge in [-0.2, -0.15) is 0 Å². The minimum Gasteiger partial charge on any atom is -0.0770 e. The third-order valence-corrected chi connectivity index (χ3v) is 6.41. The van der Waals surface area contributed by atoms with Crippen LogP contribution in [-0.4, -0.2) is 0 Å². The van der Waals surface area contributed by atoms with Gasteiger partial charge in [0.15, 0.2) is 0 Å². The molecule has 0 amide bonds. The first-order valence-corrected chi connectivity index (χ1v) is 10.1. The second-order valence-corrected chi connectivity index (χ2v) is 7.91. The van der Waals surface area contributed by atoms with Crippen molar-refractivity contribution in [2.24, 2.45) is 23.7 Å². The molecule has 0 aromatic carbocycles. The second kappa shape index (κ2) is 11.1. The van der Waals surface area contributed by atoms with Crippen LogP contribution in [0.2, 0.25) is 0 Å². The van der Waals surface area contributed by atoms with Crippen LogP contribution in [0.4, 0.5) is 0 Å². The highest BCUT2D eigenvalue weighted by Gasteiger charge is 2.23. The number of allylic oxidation sites excluding steroid dienone is 4. The Balaban J connectivity index is 5.37. The molecule has 0 aromatic heterocycles. The van der Waals surface area contributed by atoms with E-state index >= 15 is 0 Å². The maximum Gasteiger partial charge on any atom is -0.0166 e. The molecule has 0 N–H and O–H groups in total. The van der Waals surface area contributed by atoms with Crippen LogP contribution in [0.1, 0.15) is 101 Å². The van der Waals surface area contributed by atoms with Gasteiger partial charge in [-0.3, -0.25) is 0 Å². The Bertz CT molecular complexity index is 392. The summed E-state index contributed by atoms with van der Waals surface area (Å²) in [5, 5.41) is 0. The van der Waals surface area contributed by atoms with Gasteiger partial charge in [0.25, 0.3) is 0 Å². The van der Waals surface area contributed by atoms with Gasteiger partial charge in [0, 0.05) is 0 Å². The fraction of sp³-hybridized carbons (Fsp3) is 0.826. The Morgan fingerprint density at radius 1 is 0.783 bits per heavy atom. The number of rotatable bonds is 10. The molecule has 0 aromatic rings. The van der Waals surface area contributed by atoms with Crippen LogP contribution < -0.4 is 0 Å². The van der Waals surface area contributed by atoms with E-state index in [1.54, 1.807) is 16.7 Å². The predicted molar refractivity (Wildman–Crippen MR) is 108 cm³/mol. The van der Waals surface area contributed by atoms with Crippen LogP contribution in [0.25, 0.3) is 0 Å². The standard InChI is InChI=1S/C23H44/c1-11-17(7)19(9)23(14-4)20(10)18(8)15-21(12-2)22(13-3)16(5)6/h17,19,21,23H,11-15H2,1-10H3. The monoisotopic (exact) mass is 320 g/mol. The molecule has 0 rings (SSSR count). The average Bonchev–Trinajstić information content (AvgIpc) is 2.53. The summed E-state index contributed by atoms with van der Waals surface area (Å²) in [6, 6.07) is 0. The third kappa shape index (κ3) is 6.48. The van der Waals surface area contributed by atoms with Crippen LogP contribution in [0.15, 0.2) is 22.3 Å². The molecule has 0 aliphatic carbocycles. The van der Waals surface area contributed by atoms with Crippen LogP contribution in [0.3, 0.4) is 0 Å². The summed E-state index contributed by atoms with van der Waals surface area (Å²) >= 11 is 0. The average molecular weight is 321 g/mol. The summed E-state index contributed by atoms with van der Waals surface area (Å²) < 4.78 is 0. The first kappa shape index (κ1) is 22.5. The molecule has 4 unspecified atom stereocenters. The highest BCUT2D eigenvalue weighted by Crippen LogP contribution is 2.35. The van der Waals surface area contributed by atoms with E-state index in [0.717, 1.165) is 23.7 Å². The summed E-state index contributed by atoms with van der Waals surface area (Å²) in [6.45, 7) is 23.6. The van der Waals surface area contributed by atoms with Gasteiger partial charge in [0.1, 0.15) is 0 Å². The van der Waals surface area contributed by atoms with Crippen LogP contribution >= 0.6 is 0 Å². The van der Waals surface area contributed by atoms with Crippen molar-refractivity contribution < 1.29 is 0 Å². The Kier molecular flexibility index (Phi) is 10.9. The van der Waals surface area contributed by atoms with E-state index in [-0.39, 0.29) is 0 Å². The third-order valence-electron chi connectivity index (χ3n) is 6.41. The summed E-state index contributed by atoms with van der Waals surface area (Å²) in [4.78, 5) is 0. The molecule has 0 nitrogen and oxygen atoms in total. The fourth-order valence-corrected chi connectivity index (χ4v) is 4.25. The van der Waals surface area contributed by atoms with Crippen molar-refractivity contribution in [1.29, 1.82) is 0 Å². The smallest absolute Gasteiger partial charge is 0.0166 e. The van der Waals surface area contributed by atoms with Crippen molar-refractivity contribution in [1.82, 2.24) is 0 Å². The van der Waals surface area contributed by atoms with Crippen LogP contribution in [0.5, 0.6) is 0 Å². The molecule has 4 atom stereocenters. The van der Waals surface area contributed by atoms with Gasteiger partial charge in [-0.15, -0.1) is 0 Å². The SMILES string of the molecule is CCC(=C(C)C)C(CC)CC(C)=C(C)C(CC)C(C)C(C)CC. The number of hydrogen-bond acceptors (Lipinski definition) is 0. The fourth-order valence-electron chi connectivity index (χ4n) is 4.25. The maximum atomic E-state index is 2.46. The lowest BCUT2D eigenvalue weighted by Crippen LogP contribution is -2.20. The van der Waals surface area contributed by atoms with Gasteiger partial charge < -0.3 is 0 Å². The van der Waals surface area contributed by atoms with E-state index in [9.17, 15) is 0 Å². The van der Waals surface area contributed by atoms with E-state index in [4.69, 9.17) is 0 Å². The summed E-state index contributed by atoms with van der Waals surface area (Å²) in [5.41, 5.74) is 6.53. The molecule has 0 saturated carbocycles. The lowest BCUT2D eigenvalue weighted by molar-refractivity contribution is 0.278. The zero-order valence-corrected chi connectivity index (χ0v) is 17.8. The topological polar surface area (TPSA) is 0 Å². The molecule has 0 fully saturated rings. The largest absolute Gasteiger partial charge is 0.0770 e. The molecule has 0 radical (unpaired) electrons. The molecule has 0 spiro atoms. The van der Waals surface area contributed by atoms with Crippen LogP contribution in [-0.2, 0) is 0 Å². The van der Waals surface area contributed by atoms with Gasteiger partial charge in [-0.1, -0.05) is 70.3 Å². The maximum absolute atomic E-state index is 2.46. The van der Waals surface area contributed by atoms with Gasteiger partial charge in [-0.25, -0.2) is 0 Å². The first-order chi connectivity index (χ1) is 10.7. The number of hydrogen-bond donors (Lipinski definition) is 0. The molecular weight excluding hydrogens is 276 g/mol. The normalized spacial score (nSPS) is 18.0. The molecular formula is C23H44. The molecule has 0 heterocycles. The lowest BCUT2D eigenvalue weighted by Gasteiger charge is -2.31. The highest BCUT2D eigenvalue weighted by atomic mass is 14.3. The predicted octanol–water partition coefficient (Wildman–Crippen LogP) is 8.19. The molecule has 0 saturated heterocycles. The first-order valence-electron chi connectivity index (χ1n) is 10.1. The molecule has 0 aliphatic rings. The van der Waals surface area contributed by atoms with E-state index in [1.807, 2.05) is 0 Å². The van der Waals surface area contributed by atoms with Crippen molar-refractivity contribution in [3.05, 3.63) is 22.3 Å². The van der Waals surface area contributed by atoms with E-state index < -0.39 is 0 Å². The van der Waals surface area contributed by atoms with E-state index in [2.05, 4.69) is 69.2 Å². The lowest BCUT2D eigenvalue weighted by atomic mass is 9.75. The van der Waals surface area contributed by atoms with Crippen molar-refractivity contribution in [2.75, 3.05) is 0 Å². The minimum absolute atomic E-state index is 0.733. The van der Waals surface area contributed by atoms with Crippen LogP contribution in [0, 0.1) is 23.7 Å². The zero-order chi connectivity index (χ0) is 18.2. The summed E-state index contributed by atoms with van der Waals surface area (Å²) in [7, 11) is 0.